The molecule has 1 aliphatic heterocycles. The van der Waals surface area contributed by atoms with Crippen molar-refractivity contribution in [2.75, 3.05) is 18.4 Å². The lowest BCUT2D eigenvalue weighted by Gasteiger charge is -2.31. The minimum Gasteiger partial charge on any atom is -0.341 e. The molecule has 8 nitrogen and oxygen atoms in total. The number of urea groups is 1. The van der Waals surface area contributed by atoms with E-state index in [9.17, 15) is 19.7 Å². The average Bonchev–Trinajstić information content (AvgIpc) is 2.73. The highest BCUT2D eigenvalue weighted by Crippen LogP contribution is 2.20. The van der Waals surface area contributed by atoms with E-state index in [1.165, 1.54) is 18.2 Å². The van der Waals surface area contributed by atoms with Crippen LogP contribution in [0.15, 0.2) is 54.6 Å². The molecule has 2 aromatic carbocycles. The van der Waals surface area contributed by atoms with Crippen molar-refractivity contribution in [1.29, 1.82) is 0 Å². The Morgan fingerprint density at radius 3 is 2.39 bits per heavy atom. The molecule has 3 amide bonds. The zero-order chi connectivity index (χ0) is 19.9. The van der Waals surface area contributed by atoms with Crippen LogP contribution in [-0.4, -0.2) is 34.9 Å². The number of anilines is 1. The third kappa shape index (κ3) is 4.85. The van der Waals surface area contributed by atoms with Crippen LogP contribution < -0.4 is 10.6 Å². The first-order chi connectivity index (χ1) is 13.5. The maximum Gasteiger partial charge on any atom is 0.320 e. The van der Waals surface area contributed by atoms with Gasteiger partial charge in [-0.15, -0.1) is 0 Å². The number of hydrogen-bond donors (Lipinski definition) is 2. The van der Waals surface area contributed by atoms with Gasteiger partial charge in [0, 0.05) is 30.9 Å². The van der Waals surface area contributed by atoms with Crippen molar-refractivity contribution >= 4 is 23.3 Å². The van der Waals surface area contributed by atoms with Gasteiger partial charge in [0.15, 0.2) is 0 Å². The zero-order valence-corrected chi connectivity index (χ0v) is 15.3. The number of nitrogens with zero attached hydrogens (tertiary/aromatic N) is 2. The standard InChI is InChI=1S/C20H22N4O4/c25-19(23-12-5-2-6-13-23)18(15-8-3-1-4-9-15)22-20(26)21-16-10-7-11-17(14-16)24(27)28/h1,3-4,7-11,14,18H,2,5-6,12-13H2,(H2,21,22,26)/t18-/m0/s1. The van der Waals surface area contributed by atoms with Crippen molar-refractivity contribution in [3.05, 3.63) is 70.3 Å². The molecule has 0 saturated carbocycles. The van der Waals surface area contributed by atoms with Gasteiger partial charge in [-0.2, -0.15) is 0 Å². The van der Waals surface area contributed by atoms with Crippen LogP contribution in [0.1, 0.15) is 30.9 Å². The molecule has 1 aliphatic rings. The molecule has 2 N–H and O–H groups in total. The number of nitrogens with one attached hydrogen (secondary N) is 2. The summed E-state index contributed by atoms with van der Waals surface area (Å²) in [5.41, 5.74) is 0.845. The average molecular weight is 382 g/mol. The molecule has 0 unspecified atom stereocenters. The van der Waals surface area contributed by atoms with E-state index in [-0.39, 0.29) is 17.3 Å². The van der Waals surface area contributed by atoms with Crippen LogP contribution in [0.25, 0.3) is 0 Å². The van der Waals surface area contributed by atoms with Crippen LogP contribution in [0.5, 0.6) is 0 Å². The van der Waals surface area contributed by atoms with E-state index in [4.69, 9.17) is 0 Å². The van der Waals surface area contributed by atoms with Crippen molar-refractivity contribution in [3.8, 4) is 0 Å². The minimum absolute atomic E-state index is 0.123. The molecule has 3 rings (SSSR count). The molecule has 1 saturated heterocycles. The van der Waals surface area contributed by atoms with Crippen LogP contribution in [0.2, 0.25) is 0 Å². The summed E-state index contributed by atoms with van der Waals surface area (Å²) in [6, 6.07) is 13.3. The zero-order valence-electron chi connectivity index (χ0n) is 15.3. The van der Waals surface area contributed by atoms with E-state index in [0.717, 1.165) is 19.3 Å². The number of carbonyl (C=O) groups is 2. The molecule has 1 fully saturated rings. The lowest BCUT2D eigenvalue weighted by molar-refractivity contribution is -0.384. The molecule has 146 valence electrons. The molecular formula is C20H22N4O4. The van der Waals surface area contributed by atoms with Gasteiger partial charge in [0.05, 0.1) is 4.92 Å². The van der Waals surface area contributed by atoms with Crippen LogP contribution in [0.4, 0.5) is 16.2 Å². The summed E-state index contributed by atoms with van der Waals surface area (Å²) in [5.74, 6) is -0.153. The topological polar surface area (TPSA) is 105 Å². The molecule has 2 aromatic rings. The molecular weight excluding hydrogens is 360 g/mol. The maximum absolute atomic E-state index is 13.0. The van der Waals surface area contributed by atoms with Crippen LogP contribution in [0.3, 0.4) is 0 Å². The first-order valence-electron chi connectivity index (χ1n) is 9.20. The molecule has 0 aliphatic carbocycles. The second kappa shape index (κ2) is 8.98. The number of piperidine rings is 1. The number of nitro benzene ring substituents is 1. The summed E-state index contributed by atoms with van der Waals surface area (Å²) in [5, 5.41) is 16.2. The summed E-state index contributed by atoms with van der Waals surface area (Å²) in [7, 11) is 0. The van der Waals surface area contributed by atoms with E-state index in [2.05, 4.69) is 10.6 Å². The van der Waals surface area contributed by atoms with Crippen molar-refractivity contribution in [2.24, 2.45) is 0 Å². The first-order valence-corrected chi connectivity index (χ1v) is 9.20. The summed E-state index contributed by atoms with van der Waals surface area (Å²) in [4.78, 5) is 37.7. The minimum atomic E-state index is -0.821. The van der Waals surface area contributed by atoms with E-state index in [1.807, 2.05) is 18.2 Å². The van der Waals surface area contributed by atoms with Gasteiger partial charge < -0.3 is 15.5 Å². The molecule has 0 spiro atoms. The number of carbonyl (C=O) groups excluding carboxylic acids is 2. The Morgan fingerprint density at radius 1 is 1.00 bits per heavy atom. The molecule has 1 atom stereocenters. The Morgan fingerprint density at radius 2 is 1.71 bits per heavy atom. The smallest absolute Gasteiger partial charge is 0.320 e. The highest BCUT2D eigenvalue weighted by Gasteiger charge is 2.28. The summed E-state index contributed by atoms with van der Waals surface area (Å²) >= 11 is 0. The Balaban J connectivity index is 1.75. The summed E-state index contributed by atoms with van der Waals surface area (Å²) in [6.45, 7) is 1.35. The normalized spacial score (nSPS) is 14.8. The number of benzene rings is 2. The number of nitro groups is 1. The fourth-order valence-electron chi connectivity index (χ4n) is 3.23. The van der Waals surface area contributed by atoms with E-state index < -0.39 is 17.0 Å². The van der Waals surface area contributed by atoms with E-state index in [1.54, 1.807) is 23.1 Å². The van der Waals surface area contributed by atoms with Crippen LogP contribution >= 0.6 is 0 Å². The van der Waals surface area contributed by atoms with Crippen LogP contribution in [0, 0.1) is 10.1 Å². The predicted molar refractivity (Wildman–Crippen MR) is 105 cm³/mol. The number of non-ortho nitro benzene ring substituents is 1. The van der Waals surface area contributed by atoms with E-state index in [0.29, 0.717) is 18.7 Å². The van der Waals surface area contributed by atoms with Gasteiger partial charge in [-0.3, -0.25) is 14.9 Å². The Labute approximate surface area is 162 Å². The van der Waals surface area contributed by atoms with Crippen LogP contribution in [-0.2, 0) is 4.79 Å². The maximum atomic E-state index is 13.0. The number of amides is 3. The predicted octanol–water partition coefficient (Wildman–Crippen LogP) is 3.47. The van der Waals surface area contributed by atoms with Crippen molar-refractivity contribution in [1.82, 2.24) is 10.2 Å². The Bertz CT molecular complexity index is 850. The molecule has 0 radical (unpaired) electrons. The van der Waals surface area contributed by atoms with Crippen molar-refractivity contribution < 1.29 is 14.5 Å². The van der Waals surface area contributed by atoms with Crippen molar-refractivity contribution in [2.45, 2.75) is 25.3 Å². The summed E-state index contributed by atoms with van der Waals surface area (Å²) < 4.78 is 0. The monoisotopic (exact) mass is 382 g/mol. The van der Waals surface area contributed by atoms with Gasteiger partial charge in [-0.1, -0.05) is 36.4 Å². The Hall–Kier alpha value is -3.42. The fourth-order valence-corrected chi connectivity index (χ4v) is 3.23. The summed E-state index contributed by atoms with van der Waals surface area (Å²) in [6.07, 6.45) is 3.00. The van der Waals surface area contributed by atoms with Gasteiger partial charge in [-0.05, 0) is 30.9 Å². The highest BCUT2D eigenvalue weighted by atomic mass is 16.6. The van der Waals surface area contributed by atoms with Gasteiger partial charge in [0.25, 0.3) is 5.69 Å². The van der Waals surface area contributed by atoms with E-state index >= 15 is 0 Å². The third-order valence-corrected chi connectivity index (χ3v) is 4.64. The molecule has 8 heteroatoms. The molecule has 0 bridgehead atoms. The quantitative estimate of drug-likeness (QED) is 0.610. The van der Waals surface area contributed by atoms with Gasteiger partial charge in [-0.25, -0.2) is 4.79 Å². The number of hydrogen-bond acceptors (Lipinski definition) is 4. The second-order valence-electron chi connectivity index (χ2n) is 6.64. The Kier molecular flexibility index (Phi) is 6.21. The molecule has 28 heavy (non-hydrogen) atoms. The van der Waals surface area contributed by atoms with Gasteiger partial charge >= 0.3 is 6.03 Å². The fraction of sp³-hybridized carbons (Fsp3) is 0.300. The van der Waals surface area contributed by atoms with Gasteiger partial charge in [0.2, 0.25) is 5.91 Å². The van der Waals surface area contributed by atoms with Crippen molar-refractivity contribution in [3.63, 3.8) is 0 Å². The molecule has 1 heterocycles. The lowest BCUT2D eigenvalue weighted by atomic mass is 10.0. The largest absolute Gasteiger partial charge is 0.341 e. The number of rotatable bonds is 5. The lowest BCUT2D eigenvalue weighted by Crippen LogP contribution is -2.45. The van der Waals surface area contributed by atoms with Gasteiger partial charge in [0.1, 0.15) is 6.04 Å². The SMILES string of the molecule is O=C(Nc1cccc([N+](=O)[O-])c1)N[C@H](C(=O)N1CCCCC1)c1ccccc1. The second-order valence-corrected chi connectivity index (χ2v) is 6.64. The number of likely N-dealkylation sites (tertiary alicyclic amines) is 1. The molecule has 0 aromatic heterocycles. The highest BCUT2D eigenvalue weighted by molar-refractivity contribution is 5.94. The first kappa shape index (κ1) is 19.3. The third-order valence-electron chi connectivity index (χ3n) is 4.64.